The molecule has 2 aliphatic rings. The number of allylic oxidation sites excluding steroid dienone is 2. The average Bonchev–Trinajstić information content (AvgIpc) is 3.33. The van der Waals surface area contributed by atoms with E-state index in [9.17, 15) is 0 Å². The minimum Gasteiger partial charge on any atom is -0.147 e. The number of aryl methyl sites for hydroxylation is 3. The topological polar surface area (TPSA) is 0 Å². The monoisotopic (exact) mass is 626 g/mol. The molecular weight excluding hydrogens is 587 g/mol. The summed E-state index contributed by atoms with van der Waals surface area (Å²) in [6.45, 7) is 16.6. The van der Waals surface area contributed by atoms with Crippen molar-refractivity contribution in [1.82, 2.24) is 0 Å². The number of hydrogen-bond donors (Lipinski definition) is 0. The van der Waals surface area contributed by atoms with Crippen LogP contribution in [0.15, 0.2) is 65.7 Å². The van der Waals surface area contributed by atoms with E-state index in [1.807, 2.05) is 0 Å². The van der Waals surface area contributed by atoms with Crippen LogP contribution in [0.4, 0.5) is 0 Å². The van der Waals surface area contributed by atoms with Crippen molar-refractivity contribution in [2.45, 2.75) is 58.1 Å². The minimum atomic E-state index is -3.51. The summed E-state index contributed by atoms with van der Waals surface area (Å²) in [6.07, 6.45) is 5.10. The van der Waals surface area contributed by atoms with E-state index in [4.69, 9.17) is 0 Å². The molecular formula is C33H42Cl2SiZr. The molecule has 3 aromatic carbocycles. The molecule has 3 aromatic rings. The molecule has 0 saturated heterocycles. The Morgan fingerprint density at radius 1 is 0.784 bits per heavy atom. The Morgan fingerprint density at radius 3 is 2.05 bits per heavy atom. The Balaban J connectivity index is 0.00000190. The molecule has 4 heteroatoms. The SMILES string of the molecule is CC1=Cc2c(-c3ccccc3)c(C)cc(C)c2[CH]1[Zr]([CH3])([CH3])(=[SiH2])[CH]1C(C(C)C)=Cc2ccc(C)cc21.Cl.Cl. The zero-order valence-corrected chi connectivity index (χ0v) is 29.1. The van der Waals surface area contributed by atoms with Gasteiger partial charge in [0.15, 0.2) is 0 Å². The third kappa shape index (κ3) is 4.86. The molecule has 0 amide bonds. The molecule has 0 fully saturated rings. The largest absolute Gasteiger partial charge is 0.147 e. The summed E-state index contributed by atoms with van der Waals surface area (Å²) in [5.41, 5.74) is 16.5. The van der Waals surface area contributed by atoms with Crippen LogP contribution in [0.3, 0.4) is 0 Å². The first-order valence-electron chi connectivity index (χ1n) is 13.2. The maximum atomic E-state index is 2.76. The minimum absolute atomic E-state index is 0. The van der Waals surface area contributed by atoms with Gasteiger partial charge in [0.05, 0.1) is 0 Å². The van der Waals surface area contributed by atoms with Crippen LogP contribution in [-0.4, -0.2) is 6.88 Å². The van der Waals surface area contributed by atoms with E-state index in [-0.39, 0.29) is 24.8 Å². The van der Waals surface area contributed by atoms with Gasteiger partial charge in [-0.15, -0.1) is 24.8 Å². The number of benzene rings is 3. The second kappa shape index (κ2) is 10.4. The van der Waals surface area contributed by atoms with Gasteiger partial charge in [0, 0.05) is 0 Å². The van der Waals surface area contributed by atoms with E-state index in [1.165, 1.54) is 38.9 Å². The first-order valence-corrected chi connectivity index (χ1v) is 26.8. The molecule has 2 unspecified atom stereocenters. The summed E-state index contributed by atoms with van der Waals surface area (Å²) in [6, 6.07) is 20.7. The molecule has 0 aliphatic heterocycles. The molecule has 196 valence electrons. The van der Waals surface area contributed by atoms with Crippen LogP contribution in [-0.2, 0) is 17.4 Å². The van der Waals surface area contributed by atoms with E-state index in [0.717, 1.165) is 0 Å². The standard InChI is InChI=1S/C18H17.C13H15.2CH3.2ClH.H2Si.Zr/c1-12-9-16-13(2)11-14(3)18(17(16)10-12)15-7-5-4-6-8-15;1-9(2)12-7-11-5-4-10(3)6-13(11)8-12;;;;;;/h4-11H,1-3H3;4-9H,1-3H3;2*1H3;2*1H;1H2;. The van der Waals surface area contributed by atoms with Gasteiger partial charge in [-0.25, -0.2) is 0 Å². The van der Waals surface area contributed by atoms with Crippen molar-refractivity contribution in [3.8, 4) is 11.1 Å². The summed E-state index contributed by atoms with van der Waals surface area (Å²) in [4.78, 5) is 0. The second-order valence-electron chi connectivity index (χ2n) is 12.7. The van der Waals surface area contributed by atoms with Gasteiger partial charge >= 0.3 is 216 Å². The molecule has 0 spiro atoms. The van der Waals surface area contributed by atoms with Gasteiger partial charge in [0.25, 0.3) is 0 Å². The van der Waals surface area contributed by atoms with Gasteiger partial charge in [-0.1, -0.05) is 0 Å². The summed E-state index contributed by atoms with van der Waals surface area (Å²) in [5, 5.41) is 0. The third-order valence-corrected chi connectivity index (χ3v) is 26.3. The average molecular weight is 629 g/mol. The number of halogens is 2. The normalized spacial score (nSPS) is 18.4. The predicted octanol–water partition coefficient (Wildman–Crippen LogP) is 9.71. The van der Waals surface area contributed by atoms with Gasteiger partial charge in [-0.05, 0) is 0 Å². The first kappa shape index (κ1) is 30.4. The molecule has 0 radical (unpaired) electrons. The number of fused-ring (bicyclic) bond motifs is 2. The van der Waals surface area contributed by atoms with Gasteiger partial charge in [0.2, 0.25) is 0 Å². The van der Waals surface area contributed by atoms with E-state index in [2.05, 4.69) is 124 Å². The maximum absolute atomic E-state index is 3.51. The first-order chi connectivity index (χ1) is 16.4. The molecule has 0 bridgehead atoms. The summed E-state index contributed by atoms with van der Waals surface area (Å²) >= 11 is -3.51. The zero-order chi connectivity index (χ0) is 25.3. The predicted molar refractivity (Wildman–Crippen MR) is 169 cm³/mol. The van der Waals surface area contributed by atoms with Crippen molar-refractivity contribution in [2.24, 2.45) is 5.92 Å². The van der Waals surface area contributed by atoms with E-state index in [1.54, 1.807) is 22.3 Å². The molecule has 0 aromatic heterocycles. The Labute approximate surface area is 239 Å². The molecule has 37 heavy (non-hydrogen) atoms. The molecule has 0 heterocycles. The van der Waals surface area contributed by atoms with Crippen LogP contribution in [0.5, 0.6) is 0 Å². The Kier molecular flexibility index (Phi) is 8.55. The Hall–Kier alpha value is -1.18. The van der Waals surface area contributed by atoms with Crippen molar-refractivity contribution < 1.29 is 17.4 Å². The van der Waals surface area contributed by atoms with Crippen molar-refractivity contribution in [3.05, 3.63) is 105 Å². The number of hydrogen-bond acceptors (Lipinski definition) is 0. The van der Waals surface area contributed by atoms with Crippen LogP contribution < -0.4 is 0 Å². The number of rotatable bonds is 4. The quantitative estimate of drug-likeness (QED) is 0.252. The van der Waals surface area contributed by atoms with E-state index in [0.29, 0.717) is 13.2 Å². The van der Waals surface area contributed by atoms with Gasteiger partial charge in [-0.3, -0.25) is 0 Å². The second-order valence-corrected chi connectivity index (χ2v) is 43.2. The van der Waals surface area contributed by atoms with E-state index < -0.39 is 17.4 Å². The summed E-state index contributed by atoms with van der Waals surface area (Å²) in [5.74, 6) is 0.564. The molecule has 5 rings (SSSR count). The Morgan fingerprint density at radius 2 is 1.43 bits per heavy atom. The van der Waals surface area contributed by atoms with Gasteiger partial charge in [-0.2, -0.15) is 0 Å². The molecule has 0 saturated carbocycles. The van der Waals surface area contributed by atoms with Crippen molar-refractivity contribution >= 4 is 43.8 Å². The van der Waals surface area contributed by atoms with Crippen molar-refractivity contribution in [3.63, 3.8) is 0 Å². The van der Waals surface area contributed by atoms with Crippen LogP contribution in [0.2, 0.25) is 9.26 Å². The fourth-order valence-corrected chi connectivity index (χ4v) is 28.2. The van der Waals surface area contributed by atoms with Gasteiger partial charge in [0.1, 0.15) is 0 Å². The maximum Gasteiger partial charge on any atom is -0.147 e. The Bertz CT molecular complexity index is 1490. The fraction of sp³-hybridized carbons (Fsp3) is 0.333. The van der Waals surface area contributed by atoms with Crippen molar-refractivity contribution in [2.75, 3.05) is 0 Å². The summed E-state index contributed by atoms with van der Waals surface area (Å²) in [7, 11) is 0. The fourth-order valence-electron chi connectivity index (χ4n) is 7.56. The van der Waals surface area contributed by atoms with Crippen LogP contribution in [0, 0.1) is 26.7 Å². The smallest absolute Gasteiger partial charge is 0.147 e. The van der Waals surface area contributed by atoms with Crippen LogP contribution >= 0.6 is 24.8 Å². The molecule has 0 nitrogen and oxygen atoms in total. The van der Waals surface area contributed by atoms with Crippen LogP contribution in [0.25, 0.3) is 23.3 Å². The summed E-state index contributed by atoms with van der Waals surface area (Å²) < 4.78 is 6.67. The van der Waals surface area contributed by atoms with Crippen LogP contribution in [0.1, 0.15) is 67.0 Å². The van der Waals surface area contributed by atoms with Gasteiger partial charge < -0.3 is 0 Å². The van der Waals surface area contributed by atoms with Crippen molar-refractivity contribution in [1.29, 1.82) is 0 Å². The van der Waals surface area contributed by atoms with E-state index >= 15 is 0 Å². The molecule has 2 atom stereocenters. The molecule has 2 aliphatic carbocycles. The molecule has 0 N–H and O–H groups in total. The zero-order valence-electron chi connectivity index (χ0n) is 23.6. The third-order valence-electron chi connectivity index (χ3n) is 8.76.